The zero-order chi connectivity index (χ0) is 26.6. The molecule has 1 unspecified atom stereocenters. The molecular weight excluding hydrogens is 518 g/mol. The predicted molar refractivity (Wildman–Crippen MR) is 149 cm³/mol. The van der Waals surface area contributed by atoms with Gasteiger partial charge in [0, 0.05) is 11.3 Å². The molecule has 1 amide bonds. The number of aryl methyl sites for hydroxylation is 1. The van der Waals surface area contributed by atoms with Gasteiger partial charge < -0.3 is 9.84 Å². The Kier molecular flexibility index (Phi) is 7.57. The number of nitrogens with zero attached hydrogens (tertiary/aromatic N) is 3. The van der Waals surface area contributed by atoms with E-state index in [1.165, 1.54) is 33.6 Å². The van der Waals surface area contributed by atoms with Crippen molar-refractivity contribution in [3.63, 3.8) is 0 Å². The van der Waals surface area contributed by atoms with E-state index in [0.29, 0.717) is 33.6 Å². The molecular formula is C29H25N3O4S2. The first-order valence-electron chi connectivity index (χ1n) is 12.1. The fourth-order valence-corrected chi connectivity index (χ4v) is 6.05. The molecule has 0 aliphatic carbocycles. The van der Waals surface area contributed by atoms with Crippen LogP contribution in [0, 0.1) is 6.92 Å². The molecule has 3 aromatic carbocycles. The Labute approximate surface area is 228 Å². The third-order valence-corrected chi connectivity index (χ3v) is 8.19. The van der Waals surface area contributed by atoms with Crippen molar-refractivity contribution < 1.29 is 19.4 Å². The van der Waals surface area contributed by atoms with Crippen LogP contribution in [0.1, 0.15) is 35.2 Å². The molecule has 1 aliphatic rings. The second-order valence-electron chi connectivity index (χ2n) is 8.67. The van der Waals surface area contributed by atoms with Crippen molar-refractivity contribution in [2.45, 2.75) is 30.0 Å². The summed E-state index contributed by atoms with van der Waals surface area (Å²) >= 11 is 2.75. The topological polar surface area (TPSA) is 92.6 Å². The number of aromatic nitrogens is 2. The van der Waals surface area contributed by atoms with Crippen LogP contribution in [0.4, 0.5) is 5.13 Å². The fraction of sp³-hybridized carbons (Fsp3) is 0.172. The Hall–Kier alpha value is -3.95. The molecule has 1 saturated heterocycles. The third kappa shape index (κ3) is 5.20. The van der Waals surface area contributed by atoms with Crippen LogP contribution in [-0.2, 0) is 15.3 Å². The number of anilines is 1. The van der Waals surface area contributed by atoms with Gasteiger partial charge in [0.2, 0.25) is 5.13 Å². The zero-order valence-electron chi connectivity index (χ0n) is 20.8. The molecule has 0 saturated carbocycles. The first kappa shape index (κ1) is 25.7. The van der Waals surface area contributed by atoms with Gasteiger partial charge in [0.25, 0.3) is 5.78 Å². The number of rotatable bonds is 8. The maximum atomic E-state index is 13.4. The third-order valence-electron chi connectivity index (χ3n) is 6.06. The van der Waals surface area contributed by atoms with Gasteiger partial charge in [-0.1, -0.05) is 95.4 Å². The van der Waals surface area contributed by atoms with Crippen LogP contribution in [0.5, 0.6) is 5.75 Å². The molecule has 192 valence electrons. The van der Waals surface area contributed by atoms with Crippen molar-refractivity contribution >= 4 is 45.7 Å². The van der Waals surface area contributed by atoms with Crippen molar-refractivity contribution in [1.82, 2.24) is 10.2 Å². The van der Waals surface area contributed by atoms with Gasteiger partial charge in [-0.25, -0.2) is 0 Å². The Morgan fingerprint density at radius 2 is 1.79 bits per heavy atom. The maximum Gasteiger partial charge on any atom is 0.301 e. The van der Waals surface area contributed by atoms with Gasteiger partial charge in [0.1, 0.15) is 11.5 Å². The van der Waals surface area contributed by atoms with Crippen molar-refractivity contribution in [3.05, 3.63) is 107 Å². The van der Waals surface area contributed by atoms with Gasteiger partial charge in [0.15, 0.2) is 4.34 Å². The summed E-state index contributed by atoms with van der Waals surface area (Å²) in [6.45, 7) is 4.39. The monoisotopic (exact) mass is 543 g/mol. The molecule has 7 nitrogen and oxygen atoms in total. The summed E-state index contributed by atoms with van der Waals surface area (Å²) in [5.41, 5.74) is 3.41. The minimum atomic E-state index is -0.890. The van der Waals surface area contributed by atoms with E-state index in [1.54, 1.807) is 48.5 Å². The second kappa shape index (κ2) is 11.2. The Morgan fingerprint density at radius 3 is 2.53 bits per heavy atom. The van der Waals surface area contributed by atoms with E-state index in [1.807, 2.05) is 19.9 Å². The standard InChI is InChI=1S/C29H25N3O4S2/c1-3-36-22-11-7-10-21(16-22)24-23(25(33)20-8-5-4-6-9-20)26(34)27(35)32(24)28-30-31-29(38-28)37-17-19-14-12-18(2)13-15-19/h4-16,24,33H,3,17H2,1-2H3/b25-23+. The number of ether oxygens (including phenoxy) is 1. The lowest BCUT2D eigenvalue weighted by Gasteiger charge is -2.23. The summed E-state index contributed by atoms with van der Waals surface area (Å²) in [5.74, 6) is -0.483. The lowest BCUT2D eigenvalue weighted by molar-refractivity contribution is -0.132. The molecule has 0 bridgehead atoms. The highest BCUT2D eigenvalue weighted by Gasteiger charge is 2.48. The summed E-state index contributed by atoms with van der Waals surface area (Å²) in [5, 5.41) is 20.1. The number of aliphatic hydroxyl groups excluding tert-OH is 1. The predicted octanol–water partition coefficient (Wildman–Crippen LogP) is 6.16. The number of thioether (sulfide) groups is 1. The van der Waals surface area contributed by atoms with Gasteiger partial charge in [-0.15, -0.1) is 10.2 Å². The molecule has 1 aromatic heterocycles. The van der Waals surface area contributed by atoms with Gasteiger partial charge >= 0.3 is 5.91 Å². The largest absolute Gasteiger partial charge is 0.507 e. The van der Waals surface area contributed by atoms with Gasteiger partial charge in [-0.05, 0) is 37.1 Å². The molecule has 9 heteroatoms. The molecule has 0 spiro atoms. The van der Waals surface area contributed by atoms with E-state index >= 15 is 0 Å². The number of benzene rings is 3. The van der Waals surface area contributed by atoms with Crippen molar-refractivity contribution in [2.24, 2.45) is 0 Å². The molecule has 2 heterocycles. The Balaban J connectivity index is 1.54. The maximum absolute atomic E-state index is 13.4. The number of hydrogen-bond donors (Lipinski definition) is 1. The number of aliphatic hydroxyl groups is 1. The lowest BCUT2D eigenvalue weighted by Crippen LogP contribution is -2.29. The highest BCUT2D eigenvalue weighted by molar-refractivity contribution is 8.00. The van der Waals surface area contributed by atoms with Crippen LogP contribution in [0.2, 0.25) is 0 Å². The number of Topliss-reactive ketones (excluding diaryl/α,β-unsaturated/α-hetero) is 1. The SMILES string of the molecule is CCOc1cccc(C2/C(=C(\O)c3ccccc3)C(=O)C(=O)N2c2nnc(SCc3ccc(C)cc3)s2)c1. The first-order valence-corrected chi connectivity index (χ1v) is 13.9. The summed E-state index contributed by atoms with van der Waals surface area (Å²) in [6.07, 6.45) is 0. The number of amides is 1. The summed E-state index contributed by atoms with van der Waals surface area (Å²) in [7, 11) is 0. The zero-order valence-corrected chi connectivity index (χ0v) is 22.5. The van der Waals surface area contributed by atoms with E-state index in [2.05, 4.69) is 34.5 Å². The van der Waals surface area contributed by atoms with Crippen LogP contribution < -0.4 is 9.64 Å². The minimum Gasteiger partial charge on any atom is -0.507 e. The van der Waals surface area contributed by atoms with Crippen molar-refractivity contribution in [1.29, 1.82) is 0 Å². The highest BCUT2D eigenvalue weighted by Crippen LogP contribution is 2.44. The minimum absolute atomic E-state index is 0.00101. The van der Waals surface area contributed by atoms with Gasteiger partial charge in [-0.2, -0.15) is 0 Å². The molecule has 0 radical (unpaired) electrons. The number of hydrogen-bond acceptors (Lipinski definition) is 8. The van der Waals surface area contributed by atoms with Gasteiger partial charge in [0.05, 0.1) is 18.2 Å². The summed E-state index contributed by atoms with van der Waals surface area (Å²) in [6, 6.07) is 23.3. The molecule has 38 heavy (non-hydrogen) atoms. The van der Waals surface area contributed by atoms with E-state index in [9.17, 15) is 14.7 Å². The number of ketones is 1. The molecule has 1 fully saturated rings. The van der Waals surface area contributed by atoms with Crippen LogP contribution in [0.3, 0.4) is 0 Å². The molecule has 1 aliphatic heterocycles. The smallest absolute Gasteiger partial charge is 0.301 e. The van der Waals surface area contributed by atoms with Crippen LogP contribution >= 0.6 is 23.1 Å². The summed E-state index contributed by atoms with van der Waals surface area (Å²) in [4.78, 5) is 28.1. The Bertz CT molecular complexity index is 1500. The van der Waals surface area contributed by atoms with E-state index in [-0.39, 0.29) is 16.5 Å². The average Bonchev–Trinajstić information content (AvgIpc) is 3.51. The number of carbonyl (C=O) groups excluding carboxylic acids is 2. The van der Waals surface area contributed by atoms with Crippen LogP contribution in [0.25, 0.3) is 5.76 Å². The lowest BCUT2D eigenvalue weighted by atomic mass is 9.95. The van der Waals surface area contributed by atoms with E-state index < -0.39 is 17.7 Å². The van der Waals surface area contributed by atoms with Crippen LogP contribution in [0.15, 0.2) is 88.8 Å². The van der Waals surface area contributed by atoms with Gasteiger partial charge in [-0.3, -0.25) is 14.5 Å². The molecule has 1 N–H and O–H groups in total. The molecule has 4 aromatic rings. The quantitative estimate of drug-likeness (QED) is 0.0935. The number of carbonyl (C=O) groups is 2. The first-order chi connectivity index (χ1) is 18.5. The average molecular weight is 544 g/mol. The molecule has 1 atom stereocenters. The van der Waals surface area contributed by atoms with Crippen molar-refractivity contribution in [2.75, 3.05) is 11.5 Å². The molecule has 5 rings (SSSR count). The normalized spacial score (nSPS) is 16.7. The van der Waals surface area contributed by atoms with E-state index in [0.717, 1.165) is 5.56 Å². The highest BCUT2D eigenvalue weighted by atomic mass is 32.2. The Morgan fingerprint density at radius 1 is 1.03 bits per heavy atom. The van der Waals surface area contributed by atoms with Crippen LogP contribution in [-0.4, -0.2) is 33.6 Å². The fourth-order valence-electron chi connectivity index (χ4n) is 4.23. The second-order valence-corrected chi connectivity index (χ2v) is 10.8. The van der Waals surface area contributed by atoms with E-state index in [4.69, 9.17) is 4.74 Å². The van der Waals surface area contributed by atoms with Crippen molar-refractivity contribution in [3.8, 4) is 5.75 Å². The summed E-state index contributed by atoms with van der Waals surface area (Å²) < 4.78 is 6.34.